The Kier molecular flexibility index (Phi) is 7.55. The summed E-state index contributed by atoms with van der Waals surface area (Å²) in [5.41, 5.74) is 3.23. The number of nitrogens with zero attached hydrogens (tertiary/aromatic N) is 5. The summed E-state index contributed by atoms with van der Waals surface area (Å²) >= 11 is 0. The van der Waals surface area contributed by atoms with Crippen LogP contribution in [0, 0.1) is 5.82 Å². The van der Waals surface area contributed by atoms with Gasteiger partial charge in [0.15, 0.2) is 5.82 Å². The van der Waals surface area contributed by atoms with E-state index >= 15 is 0 Å². The molecular formula is C29H29FN6O2. The molecule has 0 spiro atoms. The number of nitrogens with one attached hydrogen (secondary N) is 1. The molecule has 2 heterocycles. The van der Waals surface area contributed by atoms with Gasteiger partial charge in [-0.15, -0.1) is 5.10 Å². The van der Waals surface area contributed by atoms with Gasteiger partial charge in [0, 0.05) is 24.7 Å². The molecule has 3 aromatic carbocycles. The van der Waals surface area contributed by atoms with E-state index in [2.05, 4.69) is 44.5 Å². The Morgan fingerprint density at radius 2 is 1.79 bits per heavy atom. The summed E-state index contributed by atoms with van der Waals surface area (Å²) in [7, 11) is 1.60. The molecule has 0 aliphatic heterocycles. The highest BCUT2D eigenvalue weighted by Crippen LogP contribution is 2.27. The fourth-order valence-corrected chi connectivity index (χ4v) is 4.71. The maximum atomic E-state index is 13.4. The van der Waals surface area contributed by atoms with Gasteiger partial charge in [-0.3, -0.25) is 9.69 Å². The zero-order chi connectivity index (χ0) is 26.5. The largest absolute Gasteiger partial charge is 0.497 e. The molecule has 5 rings (SSSR count). The Labute approximate surface area is 219 Å². The summed E-state index contributed by atoms with van der Waals surface area (Å²) in [6.45, 7) is 3.49. The smallest absolute Gasteiger partial charge is 0.252 e. The van der Waals surface area contributed by atoms with Crippen LogP contribution in [0.3, 0.4) is 0 Å². The van der Waals surface area contributed by atoms with Gasteiger partial charge in [0.1, 0.15) is 11.6 Å². The summed E-state index contributed by atoms with van der Waals surface area (Å²) in [5.74, 6) is 1.09. The van der Waals surface area contributed by atoms with Crippen molar-refractivity contribution in [3.8, 4) is 5.75 Å². The standard InChI is InChI=1S/C29H29FN6O2/c1-3-27(28-32-33-34-36(28)18-21-9-12-24(30)13-10-21)35(17-20-7-5-4-6-8-20)19-23-15-22-11-14-25(38-2)16-26(22)31-29(23)37/h4-16,27H,3,17-19H2,1-2H3,(H,31,37)/t27-/m0/s1. The van der Waals surface area contributed by atoms with Gasteiger partial charge >= 0.3 is 0 Å². The van der Waals surface area contributed by atoms with Crippen molar-refractivity contribution in [3.05, 3.63) is 118 Å². The second-order valence-electron chi connectivity index (χ2n) is 9.21. The molecule has 0 aliphatic carbocycles. The van der Waals surface area contributed by atoms with Gasteiger partial charge < -0.3 is 9.72 Å². The number of benzene rings is 3. The summed E-state index contributed by atoms with van der Waals surface area (Å²) in [6, 6.07) is 23.8. The van der Waals surface area contributed by atoms with Crippen molar-refractivity contribution < 1.29 is 9.13 Å². The highest BCUT2D eigenvalue weighted by Gasteiger charge is 2.26. The molecule has 2 aromatic heterocycles. The Balaban J connectivity index is 1.50. The highest BCUT2D eigenvalue weighted by atomic mass is 19.1. The van der Waals surface area contributed by atoms with Crippen LogP contribution >= 0.6 is 0 Å². The van der Waals surface area contributed by atoms with Gasteiger partial charge in [-0.05, 0) is 63.7 Å². The third kappa shape index (κ3) is 5.63. The second kappa shape index (κ2) is 11.4. The van der Waals surface area contributed by atoms with E-state index in [0.29, 0.717) is 36.8 Å². The molecule has 9 heteroatoms. The van der Waals surface area contributed by atoms with E-state index < -0.39 is 0 Å². The monoisotopic (exact) mass is 512 g/mol. The van der Waals surface area contributed by atoms with Gasteiger partial charge in [0.05, 0.1) is 25.2 Å². The van der Waals surface area contributed by atoms with Crippen molar-refractivity contribution >= 4 is 10.9 Å². The van der Waals surface area contributed by atoms with Crippen LogP contribution < -0.4 is 10.3 Å². The maximum absolute atomic E-state index is 13.4. The van der Waals surface area contributed by atoms with Crippen LogP contribution in [0.25, 0.3) is 10.9 Å². The SMILES string of the molecule is CC[C@@H](c1nnnn1Cc1ccc(F)cc1)N(Cc1ccccc1)Cc1cc2ccc(OC)cc2[nH]c1=O. The molecule has 1 atom stereocenters. The normalized spacial score (nSPS) is 12.2. The van der Waals surface area contributed by atoms with Crippen molar-refractivity contribution in [3.63, 3.8) is 0 Å². The fourth-order valence-electron chi connectivity index (χ4n) is 4.71. The van der Waals surface area contributed by atoms with E-state index in [1.54, 1.807) is 23.9 Å². The predicted molar refractivity (Wildman–Crippen MR) is 143 cm³/mol. The molecule has 0 radical (unpaired) electrons. The average Bonchev–Trinajstić information content (AvgIpc) is 3.38. The molecule has 0 aliphatic rings. The lowest BCUT2D eigenvalue weighted by Crippen LogP contribution is -2.32. The molecule has 0 amide bonds. The molecule has 0 saturated heterocycles. The van der Waals surface area contributed by atoms with Crippen molar-refractivity contribution in [1.82, 2.24) is 30.1 Å². The van der Waals surface area contributed by atoms with Gasteiger partial charge in [-0.1, -0.05) is 49.4 Å². The molecule has 38 heavy (non-hydrogen) atoms. The minimum absolute atomic E-state index is 0.149. The van der Waals surface area contributed by atoms with E-state index in [0.717, 1.165) is 28.5 Å². The van der Waals surface area contributed by atoms with E-state index in [9.17, 15) is 9.18 Å². The third-order valence-corrected chi connectivity index (χ3v) is 6.66. The Bertz CT molecular complexity index is 1570. The minimum atomic E-state index is -0.287. The number of fused-ring (bicyclic) bond motifs is 1. The van der Waals surface area contributed by atoms with Crippen molar-refractivity contribution in [1.29, 1.82) is 0 Å². The second-order valence-corrected chi connectivity index (χ2v) is 9.21. The first-order valence-electron chi connectivity index (χ1n) is 12.5. The van der Waals surface area contributed by atoms with E-state index in [1.165, 1.54) is 12.1 Å². The number of hydrogen-bond acceptors (Lipinski definition) is 6. The quantitative estimate of drug-likeness (QED) is 0.287. The van der Waals surface area contributed by atoms with Crippen LogP contribution in [0.5, 0.6) is 5.75 Å². The molecule has 0 saturated carbocycles. The number of tetrazole rings is 1. The van der Waals surface area contributed by atoms with E-state index in [-0.39, 0.29) is 17.4 Å². The molecule has 1 N–H and O–H groups in total. The van der Waals surface area contributed by atoms with Gasteiger partial charge in [-0.25, -0.2) is 9.07 Å². The number of aromatic amines is 1. The number of hydrogen-bond donors (Lipinski definition) is 1. The lowest BCUT2D eigenvalue weighted by atomic mass is 10.1. The topological polar surface area (TPSA) is 88.9 Å². The average molecular weight is 513 g/mol. The first-order valence-corrected chi connectivity index (χ1v) is 12.5. The zero-order valence-electron chi connectivity index (χ0n) is 21.3. The summed E-state index contributed by atoms with van der Waals surface area (Å²) in [6.07, 6.45) is 0.722. The van der Waals surface area contributed by atoms with Crippen molar-refractivity contribution in [2.75, 3.05) is 7.11 Å². The fraction of sp³-hybridized carbons (Fsp3) is 0.241. The number of pyridine rings is 1. The van der Waals surface area contributed by atoms with E-state index in [1.807, 2.05) is 42.5 Å². The Morgan fingerprint density at radius 3 is 2.53 bits per heavy atom. The number of halogens is 1. The minimum Gasteiger partial charge on any atom is -0.497 e. The first-order chi connectivity index (χ1) is 18.5. The Morgan fingerprint density at radius 1 is 1.00 bits per heavy atom. The van der Waals surface area contributed by atoms with Gasteiger partial charge in [0.25, 0.3) is 5.56 Å². The van der Waals surface area contributed by atoms with Gasteiger partial charge in [-0.2, -0.15) is 0 Å². The number of rotatable bonds is 10. The van der Waals surface area contributed by atoms with Crippen LogP contribution in [0.15, 0.2) is 83.7 Å². The first kappa shape index (κ1) is 25.3. The van der Waals surface area contributed by atoms with E-state index in [4.69, 9.17) is 4.74 Å². The molecule has 194 valence electrons. The third-order valence-electron chi connectivity index (χ3n) is 6.66. The summed E-state index contributed by atoms with van der Waals surface area (Å²) in [4.78, 5) is 18.4. The van der Waals surface area contributed by atoms with Crippen LogP contribution in [0.1, 0.15) is 41.9 Å². The van der Waals surface area contributed by atoms with Crippen LogP contribution in [0.2, 0.25) is 0 Å². The molecule has 8 nitrogen and oxygen atoms in total. The number of H-pyrrole nitrogens is 1. The molecule has 0 unspecified atom stereocenters. The zero-order valence-corrected chi connectivity index (χ0v) is 21.3. The number of methoxy groups -OCH3 is 1. The Hall–Kier alpha value is -4.37. The number of aromatic nitrogens is 5. The number of ether oxygens (including phenoxy) is 1. The van der Waals surface area contributed by atoms with Crippen LogP contribution in [-0.2, 0) is 19.6 Å². The van der Waals surface area contributed by atoms with Crippen molar-refractivity contribution in [2.24, 2.45) is 0 Å². The molecule has 5 aromatic rings. The van der Waals surface area contributed by atoms with Crippen LogP contribution in [-0.4, -0.2) is 37.2 Å². The maximum Gasteiger partial charge on any atom is 0.252 e. The van der Waals surface area contributed by atoms with Crippen LogP contribution in [0.4, 0.5) is 4.39 Å². The molecule has 0 bridgehead atoms. The van der Waals surface area contributed by atoms with Crippen molar-refractivity contribution in [2.45, 2.75) is 39.0 Å². The lowest BCUT2D eigenvalue weighted by molar-refractivity contribution is 0.161. The molecular weight excluding hydrogens is 483 g/mol. The predicted octanol–water partition coefficient (Wildman–Crippen LogP) is 4.86. The summed E-state index contributed by atoms with van der Waals surface area (Å²) < 4.78 is 20.5. The lowest BCUT2D eigenvalue weighted by Gasteiger charge is -2.30. The van der Waals surface area contributed by atoms with Gasteiger partial charge in [0.2, 0.25) is 0 Å². The molecule has 0 fully saturated rings. The highest BCUT2D eigenvalue weighted by molar-refractivity contribution is 5.80. The summed E-state index contributed by atoms with van der Waals surface area (Å²) in [5, 5.41) is 13.5.